The number of allylic oxidation sites excluding steroid dienone is 4. The van der Waals surface area contributed by atoms with Crippen LogP contribution >= 0.6 is 0 Å². The van der Waals surface area contributed by atoms with Crippen molar-refractivity contribution in [3.63, 3.8) is 0 Å². The van der Waals surface area contributed by atoms with Crippen molar-refractivity contribution in [1.29, 1.82) is 0 Å². The lowest BCUT2D eigenvalue weighted by atomic mass is 9.63. The fourth-order valence-electron chi connectivity index (χ4n) is 4.84. The molecule has 0 aliphatic heterocycles. The van der Waals surface area contributed by atoms with Gasteiger partial charge in [0.25, 0.3) is 0 Å². The van der Waals surface area contributed by atoms with Gasteiger partial charge >= 0.3 is 5.97 Å². The van der Waals surface area contributed by atoms with E-state index in [-0.39, 0.29) is 18.0 Å². The van der Waals surface area contributed by atoms with Gasteiger partial charge in [0, 0.05) is 17.4 Å². The molecule has 2 atom stereocenters. The molecule has 3 rings (SSSR count). The number of carbonyl (C=O) groups is 1. The topological polar surface area (TPSA) is 55.8 Å². The number of hydrogen-bond donors (Lipinski definition) is 1. The predicted octanol–water partition coefficient (Wildman–Crippen LogP) is 6.55. The molecule has 0 saturated heterocycles. The summed E-state index contributed by atoms with van der Waals surface area (Å²) in [5.41, 5.74) is 1.77. The summed E-state index contributed by atoms with van der Waals surface area (Å²) in [4.78, 5) is 11.8. The van der Waals surface area contributed by atoms with Crippen LogP contribution in [0.1, 0.15) is 77.7 Å². The predicted molar refractivity (Wildman–Crippen MR) is 145 cm³/mol. The Hall–Kier alpha value is -2.61. The molecule has 4 heteroatoms. The number of ether oxygens (including phenoxy) is 2. The molecule has 194 valence electrons. The normalized spacial score (nSPS) is 21.7. The largest absolute Gasteiger partial charge is 0.458 e. The number of carbonyl (C=O) groups excluding carboxylic acids is 1. The second-order valence-electron chi connectivity index (χ2n) is 11.0. The molecule has 1 aromatic rings. The highest BCUT2D eigenvalue weighted by atomic mass is 16.6. The first-order chi connectivity index (χ1) is 17.3. The lowest BCUT2D eigenvalue weighted by molar-refractivity contribution is -0.159. The molecule has 2 aliphatic carbocycles. The van der Waals surface area contributed by atoms with Crippen molar-refractivity contribution in [2.24, 2.45) is 11.3 Å². The van der Waals surface area contributed by atoms with Gasteiger partial charge in [0.15, 0.2) is 0 Å². The molecule has 1 N–H and O–H groups in total. The first-order valence-corrected chi connectivity index (χ1v) is 13.3. The third kappa shape index (κ3) is 9.12. The number of esters is 1. The lowest BCUT2D eigenvalue weighted by Gasteiger charge is -2.43. The number of aliphatic hydroxyl groups is 1. The van der Waals surface area contributed by atoms with Crippen molar-refractivity contribution >= 4 is 5.97 Å². The average Bonchev–Trinajstić information content (AvgIpc) is 2.81. The number of hydrogen-bond acceptors (Lipinski definition) is 4. The van der Waals surface area contributed by atoms with Crippen LogP contribution in [0.5, 0.6) is 0 Å². The van der Waals surface area contributed by atoms with E-state index in [0.717, 1.165) is 44.1 Å². The Balaban J connectivity index is 1.49. The molecule has 4 nitrogen and oxygen atoms in total. The monoisotopic (exact) mass is 490 g/mol. The fourth-order valence-corrected chi connectivity index (χ4v) is 4.84. The highest BCUT2D eigenvalue weighted by Crippen LogP contribution is 2.47. The molecular weight excluding hydrogens is 448 g/mol. The van der Waals surface area contributed by atoms with E-state index in [1.807, 2.05) is 63.3 Å². The smallest absolute Gasteiger partial charge is 0.332 e. The van der Waals surface area contributed by atoms with Crippen LogP contribution in [0.2, 0.25) is 0 Å². The Morgan fingerprint density at radius 3 is 2.64 bits per heavy atom. The van der Waals surface area contributed by atoms with Gasteiger partial charge in [-0.05, 0) is 70.9 Å². The van der Waals surface area contributed by atoms with E-state index in [2.05, 4.69) is 30.1 Å². The Labute approximate surface area is 217 Å². The Kier molecular flexibility index (Phi) is 10.6. The molecule has 0 heterocycles. The zero-order valence-electron chi connectivity index (χ0n) is 22.2. The van der Waals surface area contributed by atoms with Crippen molar-refractivity contribution < 1.29 is 19.4 Å². The van der Waals surface area contributed by atoms with Gasteiger partial charge in [-0.1, -0.05) is 78.8 Å². The second kappa shape index (κ2) is 13.6. The summed E-state index contributed by atoms with van der Waals surface area (Å²) in [7, 11) is 0. The zero-order chi connectivity index (χ0) is 25.9. The Morgan fingerprint density at radius 1 is 1.17 bits per heavy atom. The Morgan fingerprint density at radius 2 is 1.94 bits per heavy atom. The van der Waals surface area contributed by atoms with Crippen LogP contribution in [-0.4, -0.2) is 36.0 Å². The zero-order valence-corrected chi connectivity index (χ0v) is 22.2. The van der Waals surface area contributed by atoms with E-state index in [9.17, 15) is 9.90 Å². The number of benzene rings is 1. The van der Waals surface area contributed by atoms with Gasteiger partial charge in [0.05, 0.1) is 12.7 Å². The molecule has 2 unspecified atom stereocenters. The van der Waals surface area contributed by atoms with E-state index in [1.54, 1.807) is 0 Å². The average molecular weight is 491 g/mol. The first kappa shape index (κ1) is 28.0. The van der Waals surface area contributed by atoms with Crippen LogP contribution in [-0.2, 0) is 14.3 Å². The van der Waals surface area contributed by atoms with Crippen molar-refractivity contribution in [2.45, 2.75) is 83.8 Å². The van der Waals surface area contributed by atoms with Gasteiger partial charge in [-0.15, -0.1) is 0 Å². The molecule has 1 aromatic carbocycles. The van der Waals surface area contributed by atoms with Gasteiger partial charge < -0.3 is 14.6 Å². The van der Waals surface area contributed by atoms with Gasteiger partial charge in [-0.25, -0.2) is 4.79 Å². The standard InChI is InChI=1S/C32H42O4/c1-31(2,3)36-30(34)25-35-24-20-28-18-8-7-16-27(28)17-9-10-19-29(33)32(22-12-23-32)21-11-15-26-13-5-4-6-14-26/h4-6,9-10,13-14,17,19-20,27,29,33H,7-8,12,16,18,21-25H2,1-3H3/b17-9+,19-10+,28-20+. The summed E-state index contributed by atoms with van der Waals surface area (Å²) in [5, 5.41) is 10.9. The lowest BCUT2D eigenvalue weighted by Crippen LogP contribution is -2.40. The van der Waals surface area contributed by atoms with E-state index < -0.39 is 11.7 Å². The van der Waals surface area contributed by atoms with Crippen LogP contribution in [0, 0.1) is 23.2 Å². The molecular formula is C32H42O4. The van der Waals surface area contributed by atoms with Crippen LogP contribution in [0.15, 0.2) is 66.3 Å². The molecule has 0 spiro atoms. The number of aliphatic hydroxyl groups excluding tert-OH is 1. The summed E-state index contributed by atoms with van der Waals surface area (Å²) < 4.78 is 10.8. The van der Waals surface area contributed by atoms with Crippen LogP contribution in [0.3, 0.4) is 0 Å². The highest BCUT2D eigenvalue weighted by molar-refractivity contribution is 5.71. The van der Waals surface area contributed by atoms with Gasteiger partial charge in [0.2, 0.25) is 0 Å². The third-order valence-corrected chi connectivity index (χ3v) is 6.98. The van der Waals surface area contributed by atoms with E-state index >= 15 is 0 Å². The molecule has 0 radical (unpaired) electrons. The highest BCUT2D eigenvalue weighted by Gasteiger charge is 2.41. The molecule has 36 heavy (non-hydrogen) atoms. The molecule has 0 bridgehead atoms. The maximum atomic E-state index is 11.8. The van der Waals surface area contributed by atoms with Gasteiger partial charge in [-0.3, -0.25) is 0 Å². The summed E-state index contributed by atoms with van der Waals surface area (Å²) in [6.45, 7) is 5.95. The Bertz CT molecular complexity index is 980. The quantitative estimate of drug-likeness (QED) is 0.140. The maximum absolute atomic E-state index is 11.8. The van der Waals surface area contributed by atoms with Crippen LogP contribution in [0.4, 0.5) is 0 Å². The van der Waals surface area contributed by atoms with E-state index in [1.165, 1.54) is 18.4 Å². The molecule has 2 saturated carbocycles. The first-order valence-electron chi connectivity index (χ1n) is 13.3. The summed E-state index contributed by atoms with van der Waals surface area (Å²) >= 11 is 0. The number of rotatable bonds is 9. The summed E-state index contributed by atoms with van der Waals surface area (Å²) in [5.74, 6) is 6.58. The van der Waals surface area contributed by atoms with Crippen LogP contribution in [0.25, 0.3) is 0 Å². The fraction of sp³-hybridized carbons (Fsp3) is 0.531. The summed E-state index contributed by atoms with van der Waals surface area (Å²) in [6, 6.07) is 10.0. The molecule has 0 amide bonds. The minimum atomic E-state index is -0.493. The minimum Gasteiger partial charge on any atom is -0.458 e. The van der Waals surface area contributed by atoms with Crippen molar-refractivity contribution in [3.8, 4) is 11.8 Å². The maximum Gasteiger partial charge on any atom is 0.332 e. The van der Waals surface area contributed by atoms with Crippen molar-refractivity contribution in [2.75, 3.05) is 13.2 Å². The summed E-state index contributed by atoms with van der Waals surface area (Å²) in [6.07, 6.45) is 18.3. The van der Waals surface area contributed by atoms with Crippen molar-refractivity contribution in [3.05, 3.63) is 71.8 Å². The van der Waals surface area contributed by atoms with Crippen LogP contribution < -0.4 is 0 Å². The second-order valence-corrected chi connectivity index (χ2v) is 11.0. The van der Waals surface area contributed by atoms with E-state index in [0.29, 0.717) is 12.5 Å². The molecule has 0 aromatic heterocycles. The molecule has 2 fully saturated rings. The minimum absolute atomic E-state index is 0.0281. The van der Waals surface area contributed by atoms with E-state index in [4.69, 9.17) is 9.47 Å². The SMILES string of the molecule is CC(C)(C)OC(=O)COC/C=C1\CCCCC1/C=C/C=C/C(O)C1(CC#Cc2ccccc2)CCC1. The van der Waals surface area contributed by atoms with Crippen molar-refractivity contribution in [1.82, 2.24) is 0 Å². The van der Waals surface area contributed by atoms with Gasteiger partial charge in [-0.2, -0.15) is 0 Å². The molecule has 2 aliphatic rings. The van der Waals surface area contributed by atoms with Gasteiger partial charge in [0.1, 0.15) is 12.2 Å². The third-order valence-electron chi connectivity index (χ3n) is 6.98.